The molecule has 0 spiro atoms. The maximum atomic E-state index is 4.64. The molecule has 0 atom stereocenters. The standard InChI is InChI=1S/C25H18N2S/c1-2-18(19-8-4-3-5-9-19)16-26-17-27-22-11-7-6-10-20(22)25-21-14-15-28-24(21)13-12-23(25)27/h2-17H,1H2. The van der Waals surface area contributed by atoms with Crippen LogP contribution in [-0.4, -0.2) is 10.9 Å². The van der Waals surface area contributed by atoms with Gasteiger partial charge in [0.1, 0.15) is 0 Å². The van der Waals surface area contributed by atoms with Crippen molar-refractivity contribution in [3.63, 3.8) is 0 Å². The van der Waals surface area contributed by atoms with E-state index in [9.17, 15) is 0 Å². The van der Waals surface area contributed by atoms with Crippen LogP contribution in [0.15, 0.2) is 102 Å². The van der Waals surface area contributed by atoms with Gasteiger partial charge in [-0.1, -0.05) is 61.2 Å². The summed E-state index contributed by atoms with van der Waals surface area (Å²) in [7, 11) is 0. The van der Waals surface area contributed by atoms with E-state index in [1.54, 1.807) is 11.3 Å². The molecule has 0 aliphatic heterocycles. The second kappa shape index (κ2) is 6.95. The summed E-state index contributed by atoms with van der Waals surface area (Å²) in [4.78, 5) is 4.64. The number of para-hydroxylation sites is 1. The van der Waals surface area contributed by atoms with Crippen LogP contribution < -0.4 is 0 Å². The molecule has 0 unspecified atom stereocenters. The van der Waals surface area contributed by atoms with E-state index in [0.717, 1.165) is 16.7 Å². The summed E-state index contributed by atoms with van der Waals surface area (Å²) in [6, 6.07) is 25.3. The van der Waals surface area contributed by atoms with Crippen LogP contribution in [0.1, 0.15) is 5.56 Å². The van der Waals surface area contributed by atoms with E-state index in [2.05, 4.69) is 76.1 Å². The molecule has 2 nitrogen and oxygen atoms in total. The number of fused-ring (bicyclic) bond motifs is 5. The molecular formula is C25H18N2S. The van der Waals surface area contributed by atoms with E-state index in [0.29, 0.717) is 0 Å². The van der Waals surface area contributed by atoms with Crippen LogP contribution >= 0.6 is 11.3 Å². The van der Waals surface area contributed by atoms with Crippen molar-refractivity contribution in [2.75, 3.05) is 0 Å². The minimum Gasteiger partial charge on any atom is -0.300 e. The molecular weight excluding hydrogens is 360 g/mol. The largest absolute Gasteiger partial charge is 0.300 e. The van der Waals surface area contributed by atoms with Gasteiger partial charge in [0.25, 0.3) is 0 Å². The van der Waals surface area contributed by atoms with Crippen LogP contribution in [0.5, 0.6) is 0 Å². The molecule has 2 heterocycles. The third-order valence-corrected chi connectivity index (χ3v) is 5.91. The van der Waals surface area contributed by atoms with Crippen molar-refractivity contribution in [3.8, 4) is 0 Å². The molecule has 0 aliphatic carbocycles. The monoisotopic (exact) mass is 378 g/mol. The molecule has 0 amide bonds. The van der Waals surface area contributed by atoms with Gasteiger partial charge in [0.2, 0.25) is 0 Å². The van der Waals surface area contributed by atoms with Crippen molar-refractivity contribution in [2.45, 2.75) is 0 Å². The van der Waals surface area contributed by atoms with E-state index >= 15 is 0 Å². The fourth-order valence-corrected chi connectivity index (χ4v) is 4.52. The second-order valence-corrected chi connectivity index (χ2v) is 7.55. The maximum Gasteiger partial charge on any atom is 0.0996 e. The molecule has 5 aromatic rings. The summed E-state index contributed by atoms with van der Waals surface area (Å²) < 4.78 is 3.48. The number of aliphatic imine (C=N–C) groups is 1. The number of hydrogen-bond donors (Lipinski definition) is 0. The van der Waals surface area contributed by atoms with Crippen molar-refractivity contribution in [2.24, 2.45) is 4.99 Å². The predicted octanol–water partition coefficient (Wildman–Crippen LogP) is 7.11. The summed E-state index contributed by atoms with van der Waals surface area (Å²) in [6.45, 7) is 3.93. The fraction of sp³-hybridized carbons (Fsp3) is 0. The highest BCUT2D eigenvalue weighted by Crippen LogP contribution is 2.36. The maximum absolute atomic E-state index is 4.64. The minimum atomic E-state index is 0.998. The van der Waals surface area contributed by atoms with Gasteiger partial charge in [0, 0.05) is 27.1 Å². The zero-order valence-corrected chi connectivity index (χ0v) is 16.1. The van der Waals surface area contributed by atoms with Gasteiger partial charge >= 0.3 is 0 Å². The van der Waals surface area contributed by atoms with Gasteiger partial charge in [-0.3, -0.25) is 4.57 Å². The first-order chi connectivity index (χ1) is 13.9. The number of aromatic nitrogens is 1. The Morgan fingerprint density at radius 3 is 2.54 bits per heavy atom. The normalized spacial score (nSPS) is 12.5. The van der Waals surface area contributed by atoms with Crippen LogP contribution in [0.4, 0.5) is 0 Å². The molecule has 3 heteroatoms. The van der Waals surface area contributed by atoms with Crippen molar-refractivity contribution in [1.29, 1.82) is 0 Å². The minimum absolute atomic E-state index is 0.998. The SMILES string of the molecule is C=CC(=CN=Cn1c2ccccc2c2c3ccsc3ccc21)c1ccccc1. The fourth-order valence-electron chi connectivity index (χ4n) is 3.72. The summed E-state index contributed by atoms with van der Waals surface area (Å²) in [5, 5.41) is 6.00. The lowest BCUT2D eigenvalue weighted by atomic mass is 10.1. The molecule has 0 saturated carbocycles. The molecule has 0 saturated heterocycles. The molecule has 3 aromatic carbocycles. The molecule has 0 fully saturated rings. The Kier molecular flexibility index (Phi) is 4.15. The molecule has 2 aromatic heterocycles. The predicted molar refractivity (Wildman–Crippen MR) is 123 cm³/mol. The Labute approximate surface area is 167 Å². The van der Waals surface area contributed by atoms with E-state index in [4.69, 9.17) is 0 Å². The first-order valence-electron chi connectivity index (χ1n) is 9.17. The summed E-state index contributed by atoms with van der Waals surface area (Å²) in [5.74, 6) is 0. The molecule has 0 bridgehead atoms. The Morgan fingerprint density at radius 1 is 0.857 bits per heavy atom. The lowest BCUT2D eigenvalue weighted by Gasteiger charge is -2.01. The van der Waals surface area contributed by atoms with Crippen LogP contribution in [0.3, 0.4) is 0 Å². The van der Waals surface area contributed by atoms with Crippen LogP contribution in [0.25, 0.3) is 37.5 Å². The topological polar surface area (TPSA) is 17.3 Å². The lowest BCUT2D eigenvalue weighted by Crippen LogP contribution is -1.94. The number of nitrogens with zero attached hydrogens (tertiary/aromatic N) is 2. The number of rotatable bonds is 4. The Morgan fingerprint density at radius 2 is 1.68 bits per heavy atom. The highest BCUT2D eigenvalue weighted by atomic mass is 32.1. The van der Waals surface area contributed by atoms with Crippen molar-refractivity contribution < 1.29 is 0 Å². The number of benzene rings is 3. The quantitative estimate of drug-likeness (QED) is 0.180. The van der Waals surface area contributed by atoms with Crippen LogP contribution in [-0.2, 0) is 0 Å². The Bertz CT molecular complexity index is 1370. The molecule has 5 rings (SSSR count). The van der Waals surface area contributed by atoms with Gasteiger partial charge in [0.05, 0.1) is 17.4 Å². The Balaban J connectivity index is 1.69. The van der Waals surface area contributed by atoms with Crippen LogP contribution in [0, 0.1) is 0 Å². The van der Waals surface area contributed by atoms with Crippen molar-refractivity contribution in [3.05, 3.63) is 103 Å². The number of allylic oxidation sites excluding steroid dienone is 2. The lowest BCUT2D eigenvalue weighted by molar-refractivity contribution is 1.31. The summed E-state index contributed by atoms with van der Waals surface area (Å²) >= 11 is 1.78. The number of hydrogen-bond acceptors (Lipinski definition) is 2. The zero-order valence-electron chi connectivity index (χ0n) is 15.2. The first kappa shape index (κ1) is 16.7. The summed E-state index contributed by atoms with van der Waals surface area (Å²) in [6.07, 6.45) is 5.61. The molecule has 28 heavy (non-hydrogen) atoms. The first-order valence-corrected chi connectivity index (χ1v) is 10.0. The Hall–Kier alpha value is -3.43. The van der Waals surface area contributed by atoms with E-state index in [-0.39, 0.29) is 0 Å². The van der Waals surface area contributed by atoms with Gasteiger partial charge in [0.15, 0.2) is 0 Å². The van der Waals surface area contributed by atoms with E-state index < -0.39 is 0 Å². The average Bonchev–Trinajstić information content (AvgIpc) is 3.34. The van der Waals surface area contributed by atoms with E-state index in [1.807, 2.05) is 36.8 Å². The van der Waals surface area contributed by atoms with Gasteiger partial charge in [-0.15, -0.1) is 11.3 Å². The highest BCUT2D eigenvalue weighted by molar-refractivity contribution is 7.17. The van der Waals surface area contributed by atoms with Gasteiger partial charge in [-0.05, 0) is 40.8 Å². The van der Waals surface area contributed by atoms with E-state index in [1.165, 1.54) is 26.4 Å². The molecule has 0 aliphatic rings. The summed E-state index contributed by atoms with van der Waals surface area (Å²) in [5.41, 5.74) is 4.44. The van der Waals surface area contributed by atoms with Gasteiger partial charge in [-0.2, -0.15) is 0 Å². The smallest absolute Gasteiger partial charge is 0.0996 e. The van der Waals surface area contributed by atoms with Crippen molar-refractivity contribution in [1.82, 2.24) is 4.57 Å². The third kappa shape index (κ3) is 2.68. The molecule has 134 valence electrons. The molecule has 0 N–H and O–H groups in total. The van der Waals surface area contributed by atoms with Crippen LogP contribution in [0.2, 0.25) is 0 Å². The average molecular weight is 379 g/mol. The zero-order chi connectivity index (χ0) is 18.9. The number of thiophene rings is 1. The third-order valence-electron chi connectivity index (χ3n) is 5.03. The molecule has 0 radical (unpaired) electrons. The van der Waals surface area contributed by atoms with Gasteiger partial charge in [-0.25, -0.2) is 4.99 Å². The van der Waals surface area contributed by atoms with Gasteiger partial charge < -0.3 is 0 Å². The highest BCUT2D eigenvalue weighted by Gasteiger charge is 2.12. The second-order valence-electron chi connectivity index (χ2n) is 6.60. The van der Waals surface area contributed by atoms with Crippen molar-refractivity contribution >= 4 is 55.1 Å².